The largest absolute Gasteiger partial charge is 0.478 e. The molecule has 0 aliphatic carbocycles. The molecule has 0 spiro atoms. The van der Waals surface area contributed by atoms with Crippen molar-refractivity contribution in [1.82, 2.24) is 19.7 Å². The lowest BCUT2D eigenvalue weighted by Crippen LogP contribution is -2.27. The van der Waals surface area contributed by atoms with Gasteiger partial charge in [-0.25, -0.2) is 14.5 Å². The summed E-state index contributed by atoms with van der Waals surface area (Å²) in [5, 5.41) is 13.0. The second kappa shape index (κ2) is 7.82. The van der Waals surface area contributed by atoms with Gasteiger partial charge in [0.2, 0.25) is 0 Å². The van der Waals surface area contributed by atoms with E-state index in [4.69, 9.17) is 5.11 Å². The number of hydrogen-bond donors (Lipinski definition) is 1. The number of rotatable bonds is 3. The Bertz CT molecular complexity index is 1150. The first-order valence-electron chi connectivity index (χ1n) is 8.87. The van der Waals surface area contributed by atoms with E-state index in [1.807, 2.05) is 24.3 Å². The zero-order valence-electron chi connectivity index (χ0n) is 15.3. The lowest BCUT2D eigenvalue weighted by molar-refractivity contribution is 0.0695. The van der Waals surface area contributed by atoms with Crippen molar-refractivity contribution in [1.29, 1.82) is 0 Å². The van der Waals surface area contributed by atoms with Crippen LogP contribution in [0.5, 0.6) is 0 Å². The number of aromatic nitrogens is 3. The van der Waals surface area contributed by atoms with E-state index in [0.717, 1.165) is 16.7 Å². The Kier molecular flexibility index (Phi) is 4.91. The van der Waals surface area contributed by atoms with Crippen LogP contribution >= 0.6 is 0 Å². The molecule has 1 N–H and O–H groups in total. The molecule has 0 bridgehead atoms. The Hall–Kier alpha value is -4.18. The highest BCUT2D eigenvalue weighted by Gasteiger charge is 2.19. The smallest absolute Gasteiger partial charge is 0.335 e. The minimum absolute atomic E-state index is 0.148. The van der Waals surface area contributed by atoms with Crippen LogP contribution in [0.25, 0.3) is 6.08 Å². The van der Waals surface area contributed by atoms with E-state index in [-0.39, 0.29) is 11.5 Å². The van der Waals surface area contributed by atoms with Crippen LogP contribution < -0.4 is 0 Å². The topological polar surface area (TPSA) is 88.3 Å². The minimum Gasteiger partial charge on any atom is -0.478 e. The van der Waals surface area contributed by atoms with Gasteiger partial charge in [-0.3, -0.25) is 4.79 Å². The average Bonchev–Trinajstić information content (AvgIpc) is 3.26. The number of hydrogen-bond acceptors (Lipinski definition) is 4. The maximum atomic E-state index is 12.8. The summed E-state index contributed by atoms with van der Waals surface area (Å²) in [4.78, 5) is 29.2. The first kappa shape index (κ1) is 18.2. The Morgan fingerprint density at radius 3 is 2.62 bits per heavy atom. The van der Waals surface area contributed by atoms with Crippen LogP contribution in [0.4, 0.5) is 0 Å². The van der Waals surface area contributed by atoms with E-state index < -0.39 is 5.97 Å². The Morgan fingerprint density at radius 1 is 1.10 bits per heavy atom. The van der Waals surface area contributed by atoms with E-state index >= 15 is 0 Å². The summed E-state index contributed by atoms with van der Waals surface area (Å²) in [5.41, 5.74) is 3.48. The fourth-order valence-electron chi connectivity index (χ4n) is 2.99. The second-order valence-corrected chi connectivity index (χ2v) is 6.44. The van der Waals surface area contributed by atoms with Crippen LogP contribution in [0, 0.1) is 11.8 Å². The molecule has 0 atom stereocenters. The first-order valence-corrected chi connectivity index (χ1v) is 8.87. The molecule has 2 aromatic carbocycles. The summed E-state index contributed by atoms with van der Waals surface area (Å²) in [6.07, 6.45) is 6.70. The first-order chi connectivity index (χ1) is 14.1. The number of nitrogens with zero attached hydrogens (tertiary/aromatic N) is 4. The fourth-order valence-corrected chi connectivity index (χ4v) is 2.99. The van der Waals surface area contributed by atoms with E-state index in [1.54, 1.807) is 22.1 Å². The van der Waals surface area contributed by atoms with Gasteiger partial charge < -0.3 is 10.0 Å². The zero-order chi connectivity index (χ0) is 20.2. The number of aromatic carboxylic acids is 1. The lowest BCUT2D eigenvalue weighted by Gasteiger charge is -2.24. The van der Waals surface area contributed by atoms with Gasteiger partial charge in [0.15, 0.2) is 0 Å². The molecular formula is C22H16N4O3. The van der Waals surface area contributed by atoms with Crippen molar-refractivity contribution in [3.8, 4) is 11.8 Å². The highest BCUT2D eigenvalue weighted by atomic mass is 16.4. The second-order valence-electron chi connectivity index (χ2n) is 6.44. The molecule has 0 saturated carbocycles. The van der Waals surface area contributed by atoms with Crippen molar-refractivity contribution in [2.45, 2.75) is 13.1 Å². The minimum atomic E-state index is -1.02. The van der Waals surface area contributed by atoms with Gasteiger partial charge >= 0.3 is 5.97 Å². The summed E-state index contributed by atoms with van der Waals surface area (Å²) in [6.45, 7) is 0.873. The number of benzene rings is 2. The third-order valence-electron chi connectivity index (χ3n) is 4.50. The Balaban J connectivity index is 1.49. The molecule has 0 unspecified atom stereocenters. The maximum Gasteiger partial charge on any atom is 0.335 e. The highest BCUT2D eigenvalue weighted by molar-refractivity contribution is 5.97. The summed E-state index contributed by atoms with van der Waals surface area (Å²) < 4.78 is 1.64. The van der Waals surface area contributed by atoms with E-state index in [0.29, 0.717) is 18.7 Å². The lowest BCUT2D eigenvalue weighted by atomic mass is 10.0. The van der Waals surface area contributed by atoms with Crippen LogP contribution in [0.1, 0.15) is 37.4 Å². The molecule has 7 heteroatoms. The number of fused-ring (bicyclic) bond motifs is 1. The van der Waals surface area contributed by atoms with E-state index in [1.165, 1.54) is 30.6 Å². The SMILES string of the molecule is O=C(O)c1ccc(C(=O)N2C=Cc3ccc(C#CCn4cncn4)cc3C2)cc1. The Morgan fingerprint density at radius 2 is 1.90 bits per heavy atom. The van der Waals surface area contributed by atoms with Gasteiger partial charge in [-0.15, -0.1) is 0 Å². The predicted octanol–water partition coefficient (Wildman–Crippen LogP) is 2.65. The number of carbonyl (C=O) groups excluding carboxylic acids is 1. The van der Waals surface area contributed by atoms with Gasteiger partial charge in [0.05, 0.1) is 12.1 Å². The third-order valence-corrected chi connectivity index (χ3v) is 4.50. The molecule has 2 heterocycles. The van der Waals surface area contributed by atoms with Gasteiger partial charge in [0.25, 0.3) is 5.91 Å². The maximum absolute atomic E-state index is 12.8. The number of amides is 1. The summed E-state index contributed by atoms with van der Waals surface area (Å²) in [6, 6.07) is 11.8. The van der Waals surface area contributed by atoms with Gasteiger partial charge in [-0.05, 0) is 53.6 Å². The molecular weight excluding hydrogens is 368 g/mol. The van der Waals surface area contributed by atoms with Crippen molar-refractivity contribution in [3.05, 3.63) is 89.1 Å². The molecule has 0 fully saturated rings. The van der Waals surface area contributed by atoms with Gasteiger partial charge in [-0.2, -0.15) is 5.10 Å². The molecule has 1 amide bonds. The van der Waals surface area contributed by atoms with Gasteiger partial charge in [0.1, 0.15) is 19.2 Å². The van der Waals surface area contributed by atoms with Crippen LogP contribution in [-0.4, -0.2) is 36.6 Å². The molecule has 0 saturated heterocycles. The summed E-state index contributed by atoms with van der Waals surface area (Å²) in [5.74, 6) is 4.94. The third kappa shape index (κ3) is 4.06. The van der Waals surface area contributed by atoms with Crippen molar-refractivity contribution in [2.75, 3.05) is 0 Å². The number of carbonyl (C=O) groups is 2. The van der Waals surface area contributed by atoms with Crippen molar-refractivity contribution >= 4 is 18.0 Å². The molecule has 1 aromatic heterocycles. The molecule has 0 radical (unpaired) electrons. The van der Waals surface area contributed by atoms with Crippen LogP contribution in [0.2, 0.25) is 0 Å². The molecule has 29 heavy (non-hydrogen) atoms. The van der Waals surface area contributed by atoms with Gasteiger partial charge in [0, 0.05) is 17.3 Å². The number of carboxylic acids is 1. The normalized spacial score (nSPS) is 12.1. The van der Waals surface area contributed by atoms with Crippen molar-refractivity contribution < 1.29 is 14.7 Å². The molecule has 1 aliphatic heterocycles. The molecule has 7 nitrogen and oxygen atoms in total. The molecule has 3 aromatic rings. The Labute approximate surface area is 166 Å². The van der Waals surface area contributed by atoms with E-state index in [9.17, 15) is 9.59 Å². The molecule has 4 rings (SSSR count). The zero-order valence-corrected chi connectivity index (χ0v) is 15.3. The molecule has 1 aliphatic rings. The highest BCUT2D eigenvalue weighted by Crippen LogP contribution is 2.22. The van der Waals surface area contributed by atoms with Crippen molar-refractivity contribution in [2.24, 2.45) is 0 Å². The summed E-state index contributed by atoms with van der Waals surface area (Å²) >= 11 is 0. The quantitative estimate of drug-likeness (QED) is 0.702. The van der Waals surface area contributed by atoms with Crippen LogP contribution in [-0.2, 0) is 13.1 Å². The van der Waals surface area contributed by atoms with E-state index in [2.05, 4.69) is 21.9 Å². The molecule has 142 valence electrons. The monoisotopic (exact) mass is 384 g/mol. The standard InChI is InChI=1S/C22H16N4O3/c27-21(18-5-7-19(8-6-18)22(28)29)25-11-9-17-4-3-16(12-20(17)13-25)2-1-10-26-15-23-14-24-26/h3-9,11-12,14-15H,10,13H2,(H,28,29). The number of carboxylic acid groups (broad SMARTS) is 1. The van der Waals surface area contributed by atoms with Crippen molar-refractivity contribution in [3.63, 3.8) is 0 Å². The van der Waals surface area contributed by atoms with Crippen LogP contribution in [0.3, 0.4) is 0 Å². The predicted molar refractivity (Wildman–Crippen MR) is 106 cm³/mol. The average molecular weight is 384 g/mol. The van der Waals surface area contributed by atoms with Crippen LogP contribution in [0.15, 0.2) is 61.3 Å². The summed E-state index contributed by atoms with van der Waals surface area (Å²) in [7, 11) is 0. The fraction of sp³-hybridized carbons (Fsp3) is 0.0909. The van der Waals surface area contributed by atoms with Gasteiger partial charge in [-0.1, -0.05) is 17.9 Å².